The van der Waals surface area contributed by atoms with E-state index in [0.717, 1.165) is 5.56 Å². The molecule has 0 saturated carbocycles. The predicted molar refractivity (Wildman–Crippen MR) is 72.4 cm³/mol. The maximum Gasteiger partial charge on any atom is 0.147 e. The number of benzene rings is 1. The van der Waals surface area contributed by atoms with Gasteiger partial charge in [0.05, 0.1) is 10.0 Å². The van der Waals surface area contributed by atoms with Crippen LogP contribution in [-0.2, 0) is 6.54 Å². The summed E-state index contributed by atoms with van der Waals surface area (Å²) in [5.41, 5.74) is 6.49. The van der Waals surface area contributed by atoms with E-state index in [1.54, 1.807) is 12.1 Å². The molecule has 0 amide bonds. The van der Waals surface area contributed by atoms with Gasteiger partial charge in [0.15, 0.2) is 0 Å². The number of nitrogens with one attached hydrogen (secondary N) is 1. The number of aromatic nitrogens is 1. The van der Waals surface area contributed by atoms with Crippen LogP contribution in [0.2, 0.25) is 10.0 Å². The van der Waals surface area contributed by atoms with Crippen molar-refractivity contribution in [3.05, 3.63) is 51.8 Å². The summed E-state index contributed by atoms with van der Waals surface area (Å²) in [6.07, 6.45) is 0. The Morgan fingerprint density at radius 3 is 2.50 bits per heavy atom. The molecule has 94 valence electrons. The molecule has 1 heterocycles. The first kappa shape index (κ1) is 12.9. The Kier molecular flexibility index (Phi) is 3.89. The lowest BCUT2D eigenvalue weighted by Crippen LogP contribution is -2.04. The summed E-state index contributed by atoms with van der Waals surface area (Å²) in [5.74, 6) is 0.385. The number of rotatable bonds is 3. The minimum atomic E-state index is -0.273. The summed E-state index contributed by atoms with van der Waals surface area (Å²) < 4.78 is 12.7. The van der Waals surface area contributed by atoms with Gasteiger partial charge in [0.2, 0.25) is 0 Å². The normalized spacial score (nSPS) is 10.4. The SMILES string of the molecule is Nc1nc(NCc2ccc(F)cc2)c(Cl)cc1Cl. The van der Waals surface area contributed by atoms with E-state index >= 15 is 0 Å². The summed E-state index contributed by atoms with van der Waals surface area (Å²) in [5, 5.41) is 3.71. The number of nitrogens with zero attached hydrogens (tertiary/aromatic N) is 1. The molecular weight excluding hydrogens is 276 g/mol. The molecule has 0 spiro atoms. The standard InChI is InChI=1S/C12H10Cl2FN3/c13-9-5-10(14)12(18-11(9)16)17-6-7-1-3-8(15)4-2-7/h1-5H,6H2,(H3,16,17,18). The van der Waals surface area contributed by atoms with Gasteiger partial charge in [-0.3, -0.25) is 0 Å². The Balaban J connectivity index is 2.10. The largest absolute Gasteiger partial charge is 0.382 e. The number of halogens is 3. The van der Waals surface area contributed by atoms with Crippen molar-refractivity contribution in [2.75, 3.05) is 11.1 Å². The third kappa shape index (κ3) is 3.03. The van der Waals surface area contributed by atoms with Crippen molar-refractivity contribution in [3.63, 3.8) is 0 Å². The number of nitrogen functional groups attached to an aromatic ring is 1. The fraction of sp³-hybridized carbons (Fsp3) is 0.0833. The van der Waals surface area contributed by atoms with E-state index < -0.39 is 0 Å². The van der Waals surface area contributed by atoms with Gasteiger partial charge in [-0.2, -0.15) is 0 Å². The van der Waals surface area contributed by atoms with Gasteiger partial charge >= 0.3 is 0 Å². The molecule has 0 fully saturated rings. The van der Waals surface area contributed by atoms with Crippen LogP contribution in [0.1, 0.15) is 5.56 Å². The highest BCUT2D eigenvalue weighted by molar-refractivity contribution is 6.37. The zero-order chi connectivity index (χ0) is 13.1. The second kappa shape index (κ2) is 5.42. The summed E-state index contributed by atoms with van der Waals surface area (Å²) in [7, 11) is 0. The fourth-order valence-corrected chi connectivity index (χ4v) is 1.82. The number of nitrogens with two attached hydrogens (primary N) is 1. The first-order valence-electron chi connectivity index (χ1n) is 5.16. The van der Waals surface area contributed by atoms with Gasteiger partial charge in [0.1, 0.15) is 17.5 Å². The zero-order valence-electron chi connectivity index (χ0n) is 9.25. The second-order valence-electron chi connectivity index (χ2n) is 3.67. The van der Waals surface area contributed by atoms with Crippen molar-refractivity contribution in [1.29, 1.82) is 0 Å². The highest BCUT2D eigenvalue weighted by Gasteiger charge is 2.06. The quantitative estimate of drug-likeness (QED) is 0.904. The van der Waals surface area contributed by atoms with Crippen molar-refractivity contribution < 1.29 is 4.39 Å². The molecule has 1 aromatic heterocycles. The fourth-order valence-electron chi connectivity index (χ4n) is 1.39. The van der Waals surface area contributed by atoms with Gasteiger partial charge in [-0.15, -0.1) is 0 Å². The summed E-state index contributed by atoms with van der Waals surface area (Å²) in [6.45, 7) is 0.466. The van der Waals surface area contributed by atoms with Crippen molar-refractivity contribution in [3.8, 4) is 0 Å². The number of pyridine rings is 1. The highest BCUT2D eigenvalue weighted by atomic mass is 35.5. The molecule has 3 N–H and O–H groups in total. The van der Waals surface area contributed by atoms with Crippen LogP contribution in [0.25, 0.3) is 0 Å². The first-order chi connectivity index (χ1) is 8.56. The van der Waals surface area contributed by atoms with Crippen LogP contribution in [0.4, 0.5) is 16.0 Å². The molecule has 0 radical (unpaired) electrons. The van der Waals surface area contributed by atoms with Crippen LogP contribution in [0.5, 0.6) is 0 Å². The molecular formula is C12H10Cl2FN3. The Labute approximate surface area is 114 Å². The van der Waals surface area contributed by atoms with E-state index in [-0.39, 0.29) is 11.6 Å². The molecule has 0 atom stereocenters. The molecule has 1 aromatic carbocycles. The molecule has 2 rings (SSSR count). The van der Waals surface area contributed by atoms with Gasteiger partial charge in [-0.25, -0.2) is 9.37 Å². The lowest BCUT2D eigenvalue weighted by molar-refractivity contribution is 0.627. The average molecular weight is 286 g/mol. The van der Waals surface area contributed by atoms with Crippen LogP contribution in [0.15, 0.2) is 30.3 Å². The summed E-state index contributed by atoms with van der Waals surface area (Å²) >= 11 is 11.7. The van der Waals surface area contributed by atoms with Crippen LogP contribution in [-0.4, -0.2) is 4.98 Å². The van der Waals surface area contributed by atoms with Gasteiger partial charge in [-0.1, -0.05) is 35.3 Å². The third-order valence-electron chi connectivity index (χ3n) is 2.33. The van der Waals surface area contributed by atoms with Gasteiger partial charge in [-0.05, 0) is 23.8 Å². The number of hydrogen-bond acceptors (Lipinski definition) is 3. The molecule has 0 aliphatic carbocycles. The smallest absolute Gasteiger partial charge is 0.147 e. The molecule has 2 aromatic rings. The van der Waals surface area contributed by atoms with Crippen molar-refractivity contribution in [2.24, 2.45) is 0 Å². The predicted octanol–water partition coefficient (Wildman–Crippen LogP) is 3.72. The zero-order valence-corrected chi connectivity index (χ0v) is 10.8. The number of hydrogen-bond donors (Lipinski definition) is 2. The molecule has 0 aliphatic rings. The van der Waals surface area contributed by atoms with Crippen molar-refractivity contribution in [1.82, 2.24) is 4.98 Å². The Bertz CT molecular complexity index is 558. The highest BCUT2D eigenvalue weighted by Crippen LogP contribution is 2.27. The maximum absolute atomic E-state index is 12.7. The van der Waals surface area contributed by atoms with E-state index in [1.807, 2.05) is 0 Å². The van der Waals surface area contributed by atoms with E-state index in [2.05, 4.69) is 10.3 Å². The van der Waals surface area contributed by atoms with Crippen LogP contribution in [0, 0.1) is 5.82 Å². The molecule has 0 unspecified atom stereocenters. The Hall–Kier alpha value is -1.52. The van der Waals surface area contributed by atoms with E-state index in [4.69, 9.17) is 28.9 Å². The number of anilines is 2. The van der Waals surface area contributed by atoms with Crippen molar-refractivity contribution in [2.45, 2.75) is 6.54 Å². The summed E-state index contributed by atoms with van der Waals surface area (Å²) in [6, 6.07) is 7.66. The van der Waals surface area contributed by atoms with E-state index in [0.29, 0.717) is 22.4 Å². The van der Waals surface area contributed by atoms with Crippen LogP contribution in [0.3, 0.4) is 0 Å². The molecule has 0 bridgehead atoms. The second-order valence-corrected chi connectivity index (χ2v) is 4.48. The molecule has 3 nitrogen and oxygen atoms in total. The third-order valence-corrected chi connectivity index (χ3v) is 2.92. The molecule has 6 heteroatoms. The van der Waals surface area contributed by atoms with E-state index in [9.17, 15) is 4.39 Å². The van der Waals surface area contributed by atoms with Crippen molar-refractivity contribution >= 4 is 34.8 Å². The Morgan fingerprint density at radius 1 is 1.17 bits per heavy atom. The molecule has 18 heavy (non-hydrogen) atoms. The molecule has 0 saturated heterocycles. The lowest BCUT2D eigenvalue weighted by Gasteiger charge is -2.09. The Morgan fingerprint density at radius 2 is 1.83 bits per heavy atom. The average Bonchev–Trinajstić information content (AvgIpc) is 2.34. The molecule has 0 aliphatic heterocycles. The minimum absolute atomic E-state index is 0.211. The van der Waals surface area contributed by atoms with E-state index in [1.165, 1.54) is 18.2 Å². The first-order valence-corrected chi connectivity index (χ1v) is 5.91. The van der Waals surface area contributed by atoms with Gasteiger partial charge < -0.3 is 11.1 Å². The maximum atomic E-state index is 12.7. The monoisotopic (exact) mass is 285 g/mol. The van der Waals surface area contributed by atoms with Gasteiger partial charge in [0, 0.05) is 6.54 Å². The minimum Gasteiger partial charge on any atom is -0.382 e. The summed E-state index contributed by atoms with van der Waals surface area (Å²) in [4.78, 5) is 4.03. The van der Waals surface area contributed by atoms with Crippen LogP contribution < -0.4 is 11.1 Å². The van der Waals surface area contributed by atoms with Gasteiger partial charge in [0.25, 0.3) is 0 Å². The lowest BCUT2D eigenvalue weighted by atomic mass is 10.2. The topological polar surface area (TPSA) is 50.9 Å². The van der Waals surface area contributed by atoms with Crippen LogP contribution >= 0.6 is 23.2 Å².